The van der Waals surface area contributed by atoms with Crippen LogP contribution >= 0.6 is 23.2 Å². The molecule has 2 aromatic rings. The van der Waals surface area contributed by atoms with Crippen LogP contribution in [0.2, 0.25) is 10.0 Å². The van der Waals surface area contributed by atoms with Gasteiger partial charge >= 0.3 is 5.97 Å². The third-order valence-corrected chi connectivity index (χ3v) is 6.30. The highest BCUT2D eigenvalue weighted by Gasteiger charge is 2.33. The number of halogens is 2. The zero-order valence-corrected chi connectivity index (χ0v) is 15.9. The largest absolute Gasteiger partial charge is 0.480 e. The molecule has 0 aliphatic carbocycles. The summed E-state index contributed by atoms with van der Waals surface area (Å²) in [5.41, 5.74) is 1.52. The summed E-state index contributed by atoms with van der Waals surface area (Å²) >= 11 is 11.7. The normalized spacial score (nSPS) is 13.0. The molecule has 1 atom stereocenters. The van der Waals surface area contributed by atoms with Crippen LogP contribution in [0.4, 0.5) is 0 Å². The van der Waals surface area contributed by atoms with E-state index in [0.29, 0.717) is 10.0 Å². The number of benzene rings is 2. The van der Waals surface area contributed by atoms with Crippen molar-refractivity contribution in [3.8, 4) is 0 Å². The molecule has 25 heavy (non-hydrogen) atoms. The molecule has 0 saturated heterocycles. The average molecular weight is 402 g/mol. The molecule has 2 rings (SSSR count). The lowest BCUT2D eigenvalue weighted by Gasteiger charge is -2.25. The van der Waals surface area contributed by atoms with Gasteiger partial charge in [-0.1, -0.05) is 29.3 Å². The molecule has 8 heteroatoms. The number of rotatable bonds is 6. The molecule has 0 aliphatic rings. The summed E-state index contributed by atoms with van der Waals surface area (Å²) in [5, 5.41) is 10.5. The number of sulfonamides is 1. The van der Waals surface area contributed by atoms with Gasteiger partial charge in [-0.05, 0) is 60.9 Å². The standard InChI is InChI=1S/C17H17Cl2NO4S/c1-11-9-14(19)4-3-12(11)10-16(17(21)22)20(2)25(23,24)15-7-5-13(18)6-8-15/h3-9,16H,10H2,1-2H3,(H,21,22). The van der Waals surface area contributed by atoms with Crippen molar-refractivity contribution in [2.75, 3.05) is 7.05 Å². The van der Waals surface area contributed by atoms with E-state index >= 15 is 0 Å². The third-order valence-electron chi connectivity index (χ3n) is 3.93. The Kier molecular flexibility index (Phi) is 6.11. The molecule has 0 aromatic heterocycles. The van der Waals surface area contributed by atoms with Gasteiger partial charge in [-0.2, -0.15) is 4.31 Å². The van der Waals surface area contributed by atoms with Gasteiger partial charge in [0, 0.05) is 17.1 Å². The third kappa shape index (κ3) is 4.52. The van der Waals surface area contributed by atoms with Crippen molar-refractivity contribution < 1.29 is 18.3 Å². The molecule has 5 nitrogen and oxygen atoms in total. The van der Waals surface area contributed by atoms with Crippen molar-refractivity contribution in [2.45, 2.75) is 24.3 Å². The van der Waals surface area contributed by atoms with E-state index in [-0.39, 0.29) is 11.3 Å². The van der Waals surface area contributed by atoms with Crippen molar-refractivity contribution >= 4 is 39.2 Å². The Morgan fingerprint density at radius 2 is 1.68 bits per heavy atom. The quantitative estimate of drug-likeness (QED) is 0.801. The van der Waals surface area contributed by atoms with Crippen molar-refractivity contribution in [3.63, 3.8) is 0 Å². The maximum Gasteiger partial charge on any atom is 0.322 e. The topological polar surface area (TPSA) is 74.7 Å². The summed E-state index contributed by atoms with van der Waals surface area (Å²) in [6, 6.07) is 9.40. The number of nitrogens with zero attached hydrogens (tertiary/aromatic N) is 1. The summed E-state index contributed by atoms with van der Waals surface area (Å²) in [7, 11) is -2.72. The van der Waals surface area contributed by atoms with Crippen molar-refractivity contribution in [1.29, 1.82) is 0 Å². The fraction of sp³-hybridized carbons (Fsp3) is 0.235. The van der Waals surface area contributed by atoms with E-state index in [9.17, 15) is 18.3 Å². The van der Waals surface area contributed by atoms with E-state index in [4.69, 9.17) is 23.2 Å². The van der Waals surface area contributed by atoms with Crippen LogP contribution in [0, 0.1) is 6.92 Å². The summed E-state index contributed by atoms with van der Waals surface area (Å²) in [5.74, 6) is -1.23. The molecule has 0 aliphatic heterocycles. The molecule has 0 amide bonds. The SMILES string of the molecule is Cc1cc(Cl)ccc1CC(C(=O)O)N(C)S(=O)(=O)c1ccc(Cl)cc1. The van der Waals surface area contributed by atoms with E-state index in [2.05, 4.69) is 0 Å². The highest BCUT2D eigenvalue weighted by Crippen LogP contribution is 2.23. The van der Waals surface area contributed by atoms with Gasteiger partial charge in [0.25, 0.3) is 0 Å². The van der Waals surface area contributed by atoms with Crippen LogP contribution < -0.4 is 0 Å². The Labute approximate surface area is 156 Å². The monoisotopic (exact) mass is 401 g/mol. The molecule has 1 N–H and O–H groups in total. The van der Waals surface area contributed by atoms with Crippen LogP contribution in [0.3, 0.4) is 0 Å². The number of aryl methyl sites for hydroxylation is 1. The molecule has 0 fully saturated rings. The number of carbonyl (C=O) groups is 1. The predicted octanol–water partition coefficient (Wildman–Crippen LogP) is 3.62. The Hall–Kier alpha value is -1.60. The van der Waals surface area contributed by atoms with Crippen molar-refractivity contribution in [3.05, 3.63) is 63.6 Å². The number of carboxylic acid groups (broad SMARTS) is 1. The summed E-state index contributed by atoms with van der Waals surface area (Å²) in [6.07, 6.45) is 0.0294. The van der Waals surface area contributed by atoms with Gasteiger partial charge in [-0.15, -0.1) is 0 Å². The summed E-state index contributed by atoms with van der Waals surface area (Å²) in [6.45, 7) is 1.80. The predicted molar refractivity (Wildman–Crippen MR) is 97.7 cm³/mol. The Balaban J connectivity index is 2.35. The maximum atomic E-state index is 12.7. The first-order valence-electron chi connectivity index (χ1n) is 7.34. The smallest absolute Gasteiger partial charge is 0.322 e. The molecule has 0 heterocycles. The zero-order chi connectivity index (χ0) is 18.8. The fourth-order valence-electron chi connectivity index (χ4n) is 2.41. The van der Waals surface area contributed by atoms with E-state index < -0.39 is 22.0 Å². The molecule has 134 valence electrons. The van der Waals surface area contributed by atoms with Gasteiger partial charge < -0.3 is 5.11 Å². The zero-order valence-electron chi connectivity index (χ0n) is 13.6. The number of carboxylic acids is 1. The van der Waals surface area contributed by atoms with Gasteiger partial charge in [0.15, 0.2) is 0 Å². The second-order valence-corrected chi connectivity index (χ2v) is 8.47. The van der Waals surface area contributed by atoms with Crippen LogP contribution in [-0.2, 0) is 21.2 Å². The van der Waals surface area contributed by atoms with Gasteiger partial charge in [-0.3, -0.25) is 4.79 Å². The number of likely N-dealkylation sites (N-methyl/N-ethyl adjacent to an activating group) is 1. The first-order chi connectivity index (χ1) is 11.6. The molecule has 0 radical (unpaired) electrons. The highest BCUT2D eigenvalue weighted by atomic mass is 35.5. The van der Waals surface area contributed by atoms with E-state index in [1.165, 1.54) is 31.3 Å². The van der Waals surface area contributed by atoms with Crippen LogP contribution in [0.5, 0.6) is 0 Å². The van der Waals surface area contributed by atoms with Crippen LogP contribution in [0.15, 0.2) is 47.4 Å². The molecule has 0 saturated carbocycles. The second-order valence-electron chi connectivity index (χ2n) is 5.60. The van der Waals surface area contributed by atoms with Gasteiger partial charge in [0.2, 0.25) is 10.0 Å². The Bertz CT molecular complexity index is 882. The van der Waals surface area contributed by atoms with Crippen LogP contribution in [0.1, 0.15) is 11.1 Å². The summed E-state index contributed by atoms with van der Waals surface area (Å²) < 4.78 is 26.3. The molecule has 1 unspecified atom stereocenters. The van der Waals surface area contributed by atoms with E-state index in [0.717, 1.165) is 15.4 Å². The molecular formula is C17H17Cl2NO4S. The van der Waals surface area contributed by atoms with Crippen molar-refractivity contribution in [2.24, 2.45) is 0 Å². The number of aliphatic carboxylic acids is 1. The maximum absolute atomic E-state index is 12.7. The van der Waals surface area contributed by atoms with Gasteiger partial charge in [-0.25, -0.2) is 8.42 Å². The molecular weight excluding hydrogens is 385 g/mol. The lowest BCUT2D eigenvalue weighted by molar-refractivity contribution is -0.141. The Morgan fingerprint density at radius 1 is 1.12 bits per heavy atom. The number of hydrogen-bond acceptors (Lipinski definition) is 3. The number of hydrogen-bond donors (Lipinski definition) is 1. The molecule has 0 bridgehead atoms. The lowest BCUT2D eigenvalue weighted by atomic mass is 10.0. The first-order valence-corrected chi connectivity index (χ1v) is 9.54. The second kappa shape index (κ2) is 7.74. The van der Waals surface area contributed by atoms with Gasteiger partial charge in [0.05, 0.1) is 4.90 Å². The van der Waals surface area contributed by atoms with Crippen LogP contribution in [0.25, 0.3) is 0 Å². The van der Waals surface area contributed by atoms with Gasteiger partial charge in [0.1, 0.15) is 6.04 Å². The minimum Gasteiger partial charge on any atom is -0.480 e. The van der Waals surface area contributed by atoms with Crippen molar-refractivity contribution in [1.82, 2.24) is 4.31 Å². The average Bonchev–Trinajstić information content (AvgIpc) is 2.53. The molecule has 0 spiro atoms. The first kappa shape index (κ1) is 19.7. The highest BCUT2D eigenvalue weighted by molar-refractivity contribution is 7.89. The van der Waals surface area contributed by atoms with Crippen LogP contribution in [-0.4, -0.2) is 36.9 Å². The Morgan fingerprint density at radius 3 is 2.20 bits per heavy atom. The van der Waals surface area contributed by atoms with E-state index in [1.54, 1.807) is 25.1 Å². The minimum absolute atomic E-state index is 0.0153. The summed E-state index contributed by atoms with van der Waals surface area (Å²) in [4.78, 5) is 11.7. The molecule has 2 aromatic carbocycles. The lowest BCUT2D eigenvalue weighted by Crippen LogP contribution is -2.43. The van der Waals surface area contributed by atoms with E-state index in [1.807, 2.05) is 0 Å². The fourth-order valence-corrected chi connectivity index (χ4v) is 4.07. The minimum atomic E-state index is -3.97.